The number of carboxylic acid groups (broad SMARTS) is 1. The molecule has 1 N–H and O–H groups in total. The predicted octanol–water partition coefficient (Wildman–Crippen LogP) is 4.35. The second kappa shape index (κ2) is 6.34. The number of rotatable bonds is 3. The van der Waals surface area contributed by atoms with Crippen molar-refractivity contribution in [2.24, 2.45) is 5.92 Å². The lowest BCUT2D eigenvalue weighted by Gasteiger charge is -2.33. The Labute approximate surface area is 139 Å². The van der Waals surface area contributed by atoms with Crippen molar-refractivity contribution >= 4 is 29.2 Å². The third-order valence-electron chi connectivity index (χ3n) is 4.97. The molecule has 1 saturated carbocycles. The van der Waals surface area contributed by atoms with Crippen LogP contribution in [0.25, 0.3) is 0 Å². The molecule has 1 aliphatic heterocycles. The SMILES string of the molecule is O=C(O)C1CC2CCCCC2N1Cc1ccc(F)c(Cl)c1Cl. The molecule has 120 valence electrons. The van der Waals surface area contributed by atoms with Gasteiger partial charge in [0.2, 0.25) is 0 Å². The van der Waals surface area contributed by atoms with Gasteiger partial charge in [-0.2, -0.15) is 0 Å². The molecule has 6 heteroatoms. The van der Waals surface area contributed by atoms with Crippen LogP contribution in [0.1, 0.15) is 37.7 Å². The van der Waals surface area contributed by atoms with Crippen molar-refractivity contribution < 1.29 is 14.3 Å². The maximum absolute atomic E-state index is 13.4. The standard InChI is InChI=1S/C16H18Cl2FNO2/c17-14-10(5-6-11(19)15(14)18)8-20-12-4-2-1-3-9(12)7-13(20)16(21)22/h5-6,9,12-13H,1-4,7-8H2,(H,21,22). The fraction of sp³-hybridized carbons (Fsp3) is 0.562. The quantitative estimate of drug-likeness (QED) is 0.828. The van der Waals surface area contributed by atoms with Crippen LogP contribution in [0, 0.1) is 11.7 Å². The average molecular weight is 346 g/mol. The highest BCUT2D eigenvalue weighted by atomic mass is 35.5. The van der Waals surface area contributed by atoms with Gasteiger partial charge in [-0.1, -0.05) is 42.1 Å². The lowest BCUT2D eigenvalue weighted by molar-refractivity contribution is -0.142. The number of hydrogen-bond donors (Lipinski definition) is 1. The molecule has 22 heavy (non-hydrogen) atoms. The van der Waals surface area contributed by atoms with Crippen molar-refractivity contribution in [1.82, 2.24) is 4.90 Å². The third kappa shape index (κ3) is 2.84. The largest absolute Gasteiger partial charge is 0.480 e. The maximum atomic E-state index is 13.4. The van der Waals surface area contributed by atoms with Gasteiger partial charge in [-0.15, -0.1) is 0 Å². The monoisotopic (exact) mass is 345 g/mol. The van der Waals surface area contributed by atoms with Gasteiger partial charge in [0.1, 0.15) is 11.9 Å². The summed E-state index contributed by atoms with van der Waals surface area (Å²) < 4.78 is 13.4. The summed E-state index contributed by atoms with van der Waals surface area (Å²) in [7, 11) is 0. The third-order valence-corrected chi connectivity index (χ3v) is 5.87. The summed E-state index contributed by atoms with van der Waals surface area (Å²) >= 11 is 12.0. The van der Waals surface area contributed by atoms with E-state index in [2.05, 4.69) is 0 Å². The summed E-state index contributed by atoms with van der Waals surface area (Å²) in [6.45, 7) is 0.400. The number of likely N-dealkylation sites (tertiary alicyclic amines) is 1. The van der Waals surface area contributed by atoms with E-state index in [4.69, 9.17) is 23.2 Å². The molecule has 1 aromatic carbocycles. The average Bonchev–Trinajstić information content (AvgIpc) is 2.87. The van der Waals surface area contributed by atoms with Crippen molar-refractivity contribution in [3.8, 4) is 0 Å². The Hall–Kier alpha value is -0.840. The number of nitrogens with zero attached hydrogens (tertiary/aromatic N) is 1. The summed E-state index contributed by atoms with van der Waals surface area (Å²) in [6, 6.07) is 2.66. The molecule has 2 aliphatic rings. The minimum Gasteiger partial charge on any atom is -0.480 e. The minimum absolute atomic E-state index is 0.0922. The van der Waals surface area contributed by atoms with Gasteiger partial charge >= 0.3 is 5.97 Å². The van der Waals surface area contributed by atoms with Crippen molar-refractivity contribution in [3.05, 3.63) is 33.6 Å². The lowest BCUT2D eigenvalue weighted by Crippen LogP contribution is -2.41. The number of carboxylic acids is 1. The minimum atomic E-state index is -0.793. The fourth-order valence-electron chi connectivity index (χ4n) is 3.91. The first-order chi connectivity index (χ1) is 10.5. The van der Waals surface area contributed by atoms with Gasteiger partial charge < -0.3 is 5.11 Å². The summed E-state index contributed by atoms with van der Waals surface area (Å²) in [5.74, 6) is -0.912. The van der Waals surface area contributed by atoms with Crippen LogP contribution in [0.3, 0.4) is 0 Å². The van der Waals surface area contributed by atoms with Crippen molar-refractivity contribution in [1.29, 1.82) is 0 Å². The smallest absolute Gasteiger partial charge is 0.320 e. The highest BCUT2D eigenvalue weighted by Gasteiger charge is 2.45. The Bertz CT molecular complexity index is 596. The van der Waals surface area contributed by atoms with Crippen LogP contribution in [-0.2, 0) is 11.3 Å². The van der Waals surface area contributed by atoms with E-state index >= 15 is 0 Å². The molecule has 0 aromatic heterocycles. The van der Waals surface area contributed by atoms with Gasteiger partial charge in [-0.3, -0.25) is 9.69 Å². The topological polar surface area (TPSA) is 40.5 Å². The van der Waals surface area contributed by atoms with E-state index < -0.39 is 17.8 Å². The molecule has 1 aliphatic carbocycles. The molecule has 0 bridgehead atoms. The Morgan fingerprint density at radius 1 is 1.27 bits per heavy atom. The van der Waals surface area contributed by atoms with Crippen LogP contribution >= 0.6 is 23.2 Å². The molecule has 3 atom stereocenters. The molecule has 2 fully saturated rings. The highest BCUT2D eigenvalue weighted by Crippen LogP contribution is 2.41. The van der Waals surface area contributed by atoms with Crippen LogP contribution in [-0.4, -0.2) is 28.1 Å². The van der Waals surface area contributed by atoms with E-state index in [1.807, 2.05) is 4.90 Å². The van der Waals surface area contributed by atoms with Gasteiger partial charge in [-0.05, 0) is 36.8 Å². The molecule has 3 nitrogen and oxygen atoms in total. The van der Waals surface area contributed by atoms with Crippen LogP contribution in [0.2, 0.25) is 10.0 Å². The van der Waals surface area contributed by atoms with Gasteiger partial charge in [-0.25, -0.2) is 4.39 Å². The Morgan fingerprint density at radius 3 is 2.73 bits per heavy atom. The normalized spacial score (nSPS) is 28.6. The predicted molar refractivity (Wildman–Crippen MR) is 83.7 cm³/mol. The first-order valence-electron chi connectivity index (χ1n) is 7.60. The zero-order valence-electron chi connectivity index (χ0n) is 12.1. The van der Waals surface area contributed by atoms with E-state index in [0.29, 0.717) is 24.4 Å². The van der Waals surface area contributed by atoms with E-state index in [0.717, 1.165) is 19.3 Å². The van der Waals surface area contributed by atoms with Crippen LogP contribution in [0.5, 0.6) is 0 Å². The second-order valence-corrected chi connectivity index (χ2v) is 6.96. The number of halogens is 3. The fourth-order valence-corrected chi connectivity index (χ4v) is 4.31. The molecule has 1 heterocycles. The Kier molecular flexibility index (Phi) is 4.62. The molecular weight excluding hydrogens is 328 g/mol. The molecule has 0 radical (unpaired) electrons. The molecule has 1 aromatic rings. The zero-order valence-corrected chi connectivity index (χ0v) is 13.6. The van der Waals surface area contributed by atoms with Crippen LogP contribution in [0.4, 0.5) is 4.39 Å². The zero-order chi connectivity index (χ0) is 15.9. The van der Waals surface area contributed by atoms with E-state index in [-0.39, 0.29) is 16.1 Å². The van der Waals surface area contributed by atoms with Gasteiger partial charge in [0.15, 0.2) is 0 Å². The Balaban J connectivity index is 1.88. The van der Waals surface area contributed by atoms with Gasteiger partial charge in [0.25, 0.3) is 0 Å². The Morgan fingerprint density at radius 2 is 2.00 bits per heavy atom. The molecule has 3 rings (SSSR count). The van der Waals surface area contributed by atoms with Crippen LogP contribution in [0.15, 0.2) is 12.1 Å². The first-order valence-corrected chi connectivity index (χ1v) is 8.35. The molecule has 0 spiro atoms. The summed E-state index contributed by atoms with van der Waals surface area (Å²) in [4.78, 5) is 13.6. The molecule has 0 amide bonds. The highest BCUT2D eigenvalue weighted by molar-refractivity contribution is 6.42. The second-order valence-electron chi connectivity index (χ2n) is 6.21. The van der Waals surface area contributed by atoms with E-state index in [1.54, 1.807) is 6.07 Å². The molecule has 3 unspecified atom stereocenters. The van der Waals surface area contributed by atoms with E-state index in [1.165, 1.54) is 12.5 Å². The number of aliphatic carboxylic acids is 1. The van der Waals surface area contributed by atoms with Gasteiger partial charge in [0, 0.05) is 12.6 Å². The van der Waals surface area contributed by atoms with Crippen molar-refractivity contribution in [2.45, 2.75) is 50.7 Å². The lowest BCUT2D eigenvalue weighted by atomic mass is 9.84. The summed E-state index contributed by atoms with van der Waals surface area (Å²) in [6.07, 6.45) is 5.09. The number of hydrogen-bond acceptors (Lipinski definition) is 2. The van der Waals surface area contributed by atoms with Gasteiger partial charge in [0.05, 0.1) is 10.0 Å². The van der Waals surface area contributed by atoms with Crippen LogP contribution < -0.4 is 0 Å². The number of carbonyl (C=O) groups is 1. The van der Waals surface area contributed by atoms with E-state index in [9.17, 15) is 14.3 Å². The molecule has 1 saturated heterocycles. The summed E-state index contributed by atoms with van der Waals surface area (Å²) in [5.41, 5.74) is 0.686. The summed E-state index contributed by atoms with van der Waals surface area (Å²) in [5, 5.41) is 9.61. The first kappa shape index (κ1) is 16.0. The molecular formula is C16H18Cl2FNO2. The van der Waals surface area contributed by atoms with Crippen molar-refractivity contribution in [2.75, 3.05) is 0 Å². The number of benzene rings is 1. The maximum Gasteiger partial charge on any atom is 0.320 e. The van der Waals surface area contributed by atoms with Crippen molar-refractivity contribution in [3.63, 3.8) is 0 Å². The number of fused-ring (bicyclic) bond motifs is 1.